The highest BCUT2D eigenvalue weighted by atomic mass is 79.9. The molecule has 1 aromatic carbocycles. The van der Waals surface area contributed by atoms with Gasteiger partial charge in [-0.25, -0.2) is 0 Å². The van der Waals surface area contributed by atoms with Crippen molar-refractivity contribution in [2.45, 2.75) is 0 Å². The first kappa shape index (κ1) is 8.11. The molecule has 2 heterocycles. The number of benzene rings is 1. The van der Waals surface area contributed by atoms with E-state index in [9.17, 15) is 5.11 Å². The minimum atomic E-state index is -2.33. The highest BCUT2D eigenvalue weighted by Gasteiger charge is 2.15. The van der Waals surface area contributed by atoms with Crippen LogP contribution in [0.4, 0.5) is 0 Å². The molecule has 0 aliphatic carbocycles. The second-order valence-corrected chi connectivity index (χ2v) is 5.29. The molecule has 17 heavy (non-hydrogen) atoms. The number of fused-ring (bicyclic) bond motifs is 3. The molecule has 0 aliphatic heterocycles. The number of hydrogen-bond donors (Lipinski definition) is 1. The fraction of sp³-hybridized carbons (Fsp3) is 0.0833. The summed E-state index contributed by atoms with van der Waals surface area (Å²) in [6.45, 7) is -2.33. The zero-order chi connectivity index (χ0) is 14.7. The first-order chi connectivity index (χ1) is 9.32. The number of rotatable bonds is 0. The van der Waals surface area contributed by atoms with Gasteiger partial charge in [0.05, 0.1) is 26.2 Å². The van der Waals surface area contributed by atoms with Gasteiger partial charge in [0.2, 0.25) is 0 Å². The minimum Gasteiger partial charge on any atom is -0.506 e. The fourth-order valence-corrected chi connectivity index (χ4v) is 3.25. The molecule has 0 unspecified atom stereocenters. The summed E-state index contributed by atoms with van der Waals surface area (Å²) in [7, 11) is 0. The summed E-state index contributed by atoms with van der Waals surface area (Å²) >= 11 is 6.57. The Morgan fingerprint density at radius 2 is 2.24 bits per heavy atom. The van der Waals surface area contributed by atoms with Crippen molar-refractivity contribution in [2.24, 2.45) is 6.98 Å². The number of nitrogens with zero attached hydrogens (tertiary/aromatic N) is 2. The Bertz CT molecular complexity index is 842. The predicted molar refractivity (Wildman–Crippen MR) is 75.3 cm³/mol. The average molecular weight is 362 g/mol. The quantitative estimate of drug-likeness (QED) is 0.658. The maximum absolute atomic E-state index is 10.0. The third-order valence-corrected chi connectivity index (χ3v) is 4.10. The molecule has 3 rings (SSSR count). The molecule has 0 fully saturated rings. The molecule has 0 saturated heterocycles. The van der Waals surface area contributed by atoms with Gasteiger partial charge >= 0.3 is 0 Å². The van der Waals surface area contributed by atoms with Gasteiger partial charge < -0.3 is 9.67 Å². The summed E-state index contributed by atoms with van der Waals surface area (Å²) < 4.78 is 25.3. The van der Waals surface area contributed by atoms with Crippen LogP contribution in [0.15, 0.2) is 33.5 Å². The van der Waals surface area contributed by atoms with Gasteiger partial charge in [0.1, 0.15) is 5.75 Å². The van der Waals surface area contributed by atoms with E-state index >= 15 is 0 Å². The third kappa shape index (κ3) is 1.42. The zero-order valence-electron chi connectivity index (χ0n) is 11.4. The van der Waals surface area contributed by atoms with Gasteiger partial charge in [0.15, 0.2) is 0 Å². The van der Waals surface area contributed by atoms with E-state index in [1.807, 2.05) is 0 Å². The van der Waals surface area contributed by atoms with Crippen LogP contribution < -0.4 is 0 Å². The Morgan fingerprint density at radius 3 is 3.00 bits per heavy atom. The van der Waals surface area contributed by atoms with Crippen LogP contribution in [0.25, 0.3) is 21.8 Å². The smallest absolute Gasteiger partial charge is 0.144 e. The molecule has 0 bridgehead atoms. The summed E-state index contributed by atoms with van der Waals surface area (Å²) in [6, 6.07) is 3.33. The van der Waals surface area contributed by atoms with Gasteiger partial charge in [-0.2, -0.15) is 0 Å². The highest BCUT2D eigenvalue weighted by molar-refractivity contribution is 9.11. The Labute approximate surface area is 119 Å². The van der Waals surface area contributed by atoms with E-state index in [4.69, 9.17) is 4.11 Å². The normalized spacial score (nSPS) is 14.8. The van der Waals surface area contributed by atoms with Gasteiger partial charge in [0, 0.05) is 28.1 Å². The largest absolute Gasteiger partial charge is 0.506 e. The molecule has 3 aromatic rings. The topological polar surface area (TPSA) is 38.0 Å². The number of pyridine rings is 1. The fourth-order valence-electron chi connectivity index (χ4n) is 1.93. The Balaban J connectivity index is 2.66. The highest BCUT2D eigenvalue weighted by Crippen LogP contribution is 2.42. The van der Waals surface area contributed by atoms with Crippen molar-refractivity contribution >= 4 is 53.7 Å². The molecule has 0 spiro atoms. The summed E-state index contributed by atoms with van der Waals surface area (Å²) in [5.74, 6) is 0.0407. The van der Waals surface area contributed by atoms with Crippen LogP contribution in [0.1, 0.15) is 4.11 Å². The molecule has 0 saturated carbocycles. The van der Waals surface area contributed by atoms with E-state index in [1.54, 1.807) is 18.3 Å². The minimum absolute atomic E-state index is 0.0407. The summed E-state index contributed by atoms with van der Waals surface area (Å²) in [6.07, 6.45) is 3.11. The van der Waals surface area contributed by atoms with Gasteiger partial charge in [-0.05, 0) is 44.0 Å². The van der Waals surface area contributed by atoms with E-state index in [0.717, 1.165) is 5.39 Å². The molecule has 0 aliphatic rings. The van der Waals surface area contributed by atoms with Crippen LogP contribution in [-0.4, -0.2) is 14.7 Å². The van der Waals surface area contributed by atoms with Crippen molar-refractivity contribution in [2.75, 3.05) is 0 Å². The van der Waals surface area contributed by atoms with Gasteiger partial charge in [-0.1, -0.05) is 0 Å². The van der Waals surface area contributed by atoms with Crippen molar-refractivity contribution in [1.82, 2.24) is 9.55 Å². The lowest BCUT2D eigenvalue weighted by Crippen LogP contribution is -1.87. The van der Waals surface area contributed by atoms with Crippen LogP contribution in [0, 0.1) is 0 Å². The van der Waals surface area contributed by atoms with Gasteiger partial charge in [0.25, 0.3) is 0 Å². The molecule has 0 atom stereocenters. The lowest BCUT2D eigenvalue weighted by Gasteiger charge is -2.03. The first-order valence-corrected chi connectivity index (χ1v) is 6.36. The SMILES string of the molecule is [3H]C([3H])([3H])n1c2cnccc2c2c(Br)c(O)c(Br)cc21. The number of phenolic OH excluding ortho intramolecular Hbond substituents is 1. The number of aromatic nitrogens is 2. The van der Waals surface area contributed by atoms with Crippen LogP contribution in [-0.2, 0) is 6.98 Å². The van der Waals surface area contributed by atoms with E-state index < -0.39 is 6.98 Å². The maximum Gasteiger partial charge on any atom is 0.144 e. The number of aryl methyl sites for hydroxylation is 1. The lowest BCUT2D eigenvalue weighted by molar-refractivity contribution is 0.469. The van der Waals surface area contributed by atoms with Gasteiger partial charge in [-0.3, -0.25) is 4.98 Å². The molecule has 3 nitrogen and oxygen atoms in total. The molecule has 1 N–H and O–H groups in total. The van der Waals surface area contributed by atoms with Crippen molar-refractivity contribution in [3.63, 3.8) is 0 Å². The van der Waals surface area contributed by atoms with E-state index in [2.05, 4.69) is 36.8 Å². The van der Waals surface area contributed by atoms with Crippen molar-refractivity contribution in [1.29, 1.82) is 0 Å². The van der Waals surface area contributed by atoms with Crippen LogP contribution >= 0.6 is 31.9 Å². The molecule has 86 valence electrons. The second-order valence-electron chi connectivity index (χ2n) is 3.64. The molecule has 2 aromatic heterocycles. The van der Waals surface area contributed by atoms with Crippen molar-refractivity contribution in [3.8, 4) is 5.75 Å². The van der Waals surface area contributed by atoms with Crippen LogP contribution in [0.2, 0.25) is 0 Å². The zero-order valence-corrected chi connectivity index (χ0v) is 11.6. The summed E-state index contributed by atoms with van der Waals surface area (Å²) in [5, 5.41) is 11.4. The second kappa shape index (κ2) is 3.71. The maximum atomic E-state index is 10.0. The Morgan fingerprint density at radius 1 is 1.41 bits per heavy atom. The molecule has 0 amide bonds. The Hall–Kier alpha value is -1.07. The summed E-state index contributed by atoms with van der Waals surface area (Å²) in [4.78, 5) is 4.00. The average Bonchev–Trinajstić information content (AvgIpc) is 2.69. The first-order valence-electron chi connectivity index (χ1n) is 6.28. The monoisotopic (exact) mass is 360 g/mol. The van der Waals surface area contributed by atoms with E-state index in [0.29, 0.717) is 25.4 Å². The third-order valence-electron chi connectivity index (χ3n) is 2.72. The molecular formula is C12H8Br2N2O. The number of hydrogen-bond acceptors (Lipinski definition) is 2. The predicted octanol–water partition coefficient (Wildman–Crippen LogP) is 3.96. The number of halogens is 2. The standard InChI is InChI=1S/C12H8Br2N2O/c1-16-8-4-7(13)12(17)11(14)10(8)6-2-3-15-5-9(6)16/h2-5,17H,1H3/i1T3. The van der Waals surface area contributed by atoms with Gasteiger partial charge in [-0.15, -0.1) is 0 Å². The number of phenols is 1. The molecular weight excluding hydrogens is 348 g/mol. The van der Waals surface area contributed by atoms with E-state index in [-0.39, 0.29) is 5.75 Å². The van der Waals surface area contributed by atoms with Crippen molar-refractivity contribution < 1.29 is 9.22 Å². The Kier molecular flexibility index (Phi) is 1.77. The van der Waals surface area contributed by atoms with Crippen LogP contribution in [0.3, 0.4) is 0 Å². The van der Waals surface area contributed by atoms with Crippen molar-refractivity contribution in [3.05, 3.63) is 33.5 Å². The molecule has 0 radical (unpaired) electrons. The molecule has 5 heteroatoms. The number of aromatic hydroxyl groups is 1. The van der Waals surface area contributed by atoms with E-state index in [1.165, 1.54) is 10.8 Å². The lowest BCUT2D eigenvalue weighted by atomic mass is 10.2. The van der Waals surface area contributed by atoms with Crippen LogP contribution in [0.5, 0.6) is 5.75 Å². The summed E-state index contributed by atoms with van der Waals surface area (Å²) in [5.41, 5.74) is 1.00.